The van der Waals surface area contributed by atoms with Crippen LogP contribution in [0, 0.1) is 24.7 Å². The van der Waals surface area contributed by atoms with Gasteiger partial charge in [-0.25, -0.2) is 0 Å². The third-order valence-corrected chi connectivity index (χ3v) is 6.72. The van der Waals surface area contributed by atoms with Crippen LogP contribution >= 0.6 is 0 Å². The number of hydrogen-bond donors (Lipinski definition) is 0. The van der Waals surface area contributed by atoms with Gasteiger partial charge >= 0.3 is 0 Å². The molecule has 0 unspecified atom stereocenters. The van der Waals surface area contributed by atoms with Crippen molar-refractivity contribution < 1.29 is 14.3 Å². The lowest BCUT2D eigenvalue weighted by Gasteiger charge is -2.37. The maximum absolute atomic E-state index is 13.1. The average Bonchev–Trinajstić information content (AvgIpc) is 3.33. The lowest BCUT2D eigenvalue weighted by molar-refractivity contribution is -0.133. The number of aryl methyl sites for hydroxylation is 1. The Morgan fingerprint density at radius 3 is 2.86 bits per heavy atom. The van der Waals surface area contributed by atoms with Gasteiger partial charge in [-0.3, -0.25) is 14.6 Å². The first-order valence-corrected chi connectivity index (χ1v) is 9.95. The predicted molar refractivity (Wildman–Crippen MR) is 104 cm³/mol. The molecular formula is C23H24N2O3. The number of Topliss-reactive ketones (excluding diaryl/α,β-unsaturated/α-hetero) is 1. The van der Waals surface area contributed by atoms with E-state index in [0.717, 1.165) is 24.0 Å². The molecule has 3 aliphatic rings. The average molecular weight is 376 g/mol. The fourth-order valence-electron chi connectivity index (χ4n) is 5.36. The van der Waals surface area contributed by atoms with E-state index in [1.54, 1.807) is 17.3 Å². The molecule has 4 atom stereocenters. The molecule has 0 radical (unpaired) electrons. The summed E-state index contributed by atoms with van der Waals surface area (Å²) in [5.41, 5.74) is 2.32. The monoisotopic (exact) mass is 376 g/mol. The highest BCUT2D eigenvalue weighted by Gasteiger charge is 2.70. The molecule has 1 amide bonds. The summed E-state index contributed by atoms with van der Waals surface area (Å²) < 4.78 is 6.44. The number of ether oxygens (including phenoxy) is 1. The molecule has 2 saturated carbocycles. The molecule has 2 aromatic rings. The summed E-state index contributed by atoms with van der Waals surface area (Å²) in [6, 6.07) is 9.66. The Hall–Kier alpha value is -2.69. The number of fused-ring (bicyclic) bond motifs is 3. The van der Waals surface area contributed by atoms with E-state index in [1.165, 1.54) is 0 Å². The minimum Gasteiger partial charge on any atom is -0.486 e. The van der Waals surface area contributed by atoms with Crippen LogP contribution in [0.5, 0.6) is 5.75 Å². The molecule has 5 rings (SSSR count). The van der Waals surface area contributed by atoms with Crippen molar-refractivity contribution in [2.75, 3.05) is 7.05 Å². The molecule has 0 N–H and O–H groups in total. The van der Waals surface area contributed by atoms with Crippen LogP contribution in [0.3, 0.4) is 0 Å². The van der Waals surface area contributed by atoms with E-state index >= 15 is 0 Å². The van der Waals surface area contributed by atoms with E-state index in [9.17, 15) is 9.59 Å². The van der Waals surface area contributed by atoms with E-state index in [1.807, 2.05) is 44.3 Å². The molecule has 0 saturated heterocycles. The normalized spacial score (nSPS) is 29.8. The second-order valence-electron chi connectivity index (χ2n) is 8.57. The largest absolute Gasteiger partial charge is 0.486 e. The van der Waals surface area contributed by atoms with Gasteiger partial charge in [-0.1, -0.05) is 11.6 Å². The van der Waals surface area contributed by atoms with Crippen molar-refractivity contribution in [3.63, 3.8) is 0 Å². The van der Waals surface area contributed by atoms with Gasteiger partial charge in [0.15, 0.2) is 5.78 Å². The second kappa shape index (κ2) is 6.16. The summed E-state index contributed by atoms with van der Waals surface area (Å²) in [5, 5.41) is 0. The first kappa shape index (κ1) is 17.4. The SMILES string of the molecule is Cc1ccc2c(c1)C(=O)C[C@]1(CC[C@@H]3[C@@H](C(=O)N(C)Cc4ccncc4)[C@H]31)O2. The van der Waals surface area contributed by atoms with Crippen LogP contribution in [0.25, 0.3) is 0 Å². The zero-order chi connectivity index (χ0) is 19.5. The number of ketones is 1. The standard InChI is InChI=1S/C23H24N2O3/c1-14-3-4-19-17(11-14)18(26)12-23(28-19)8-5-16-20(21(16)23)22(27)25(2)13-15-6-9-24-10-7-15/h3-4,6-7,9-11,16,20-21H,5,8,12-13H2,1-2H3/t16-,20-,21+,23+/m1/s1. The van der Waals surface area contributed by atoms with E-state index in [4.69, 9.17) is 4.74 Å². The van der Waals surface area contributed by atoms with Crippen LogP contribution in [0.2, 0.25) is 0 Å². The second-order valence-corrected chi connectivity index (χ2v) is 8.57. The third kappa shape index (κ3) is 2.64. The van der Waals surface area contributed by atoms with Crippen LogP contribution < -0.4 is 4.74 Å². The zero-order valence-electron chi connectivity index (χ0n) is 16.2. The highest BCUT2D eigenvalue weighted by atomic mass is 16.5. The number of amides is 1. The maximum atomic E-state index is 13.1. The first-order chi connectivity index (χ1) is 13.5. The fourth-order valence-corrected chi connectivity index (χ4v) is 5.36. The molecule has 1 aromatic carbocycles. The topological polar surface area (TPSA) is 59.5 Å². The van der Waals surface area contributed by atoms with Gasteiger partial charge in [0.05, 0.1) is 12.0 Å². The van der Waals surface area contributed by atoms with Gasteiger partial charge < -0.3 is 9.64 Å². The van der Waals surface area contributed by atoms with E-state index < -0.39 is 5.60 Å². The van der Waals surface area contributed by atoms with Gasteiger partial charge in [0.2, 0.25) is 5.91 Å². The van der Waals surface area contributed by atoms with Crippen molar-refractivity contribution in [1.82, 2.24) is 9.88 Å². The first-order valence-electron chi connectivity index (χ1n) is 9.95. The molecular weight excluding hydrogens is 352 g/mol. The van der Waals surface area contributed by atoms with Crippen molar-refractivity contribution >= 4 is 11.7 Å². The van der Waals surface area contributed by atoms with Crippen molar-refractivity contribution in [2.24, 2.45) is 17.8 Å². The molecule has 0 bridgehead atoms. The number of carbonyl (C=O) groups is 2. The van der Waals surface area contributed by atoms with Crippen LogP contribution in [0.4, 0.5) is 0 Å². The lowest BCUT2D eigenvalue weighted by Crippen LogP contribution is -2.44. The summed E-state index contributed by atoms with van der Waals surface area (Å²) in [7, 11) is 1.86. The molecule has 144 valence electrons. The van der Waals surface area contributed by atoms with Gasteiger partial charge in [0.25, 0.3) is 0 Å². The summed E-state index contributed by atoms with van der Waals surface area (Å²) in [5.74, 6) is 1.46. The number of nitrogens with zero attached hydrogens (tertiary/aromatic N) is 2. The number of rotatable bonds is 3. The van der Waals surface area contributed by atoms with Gasteiger partial charge in [-0.2, -0.15) is 0 Å². The van der Waals surface area contributed by atoms with Crippen LogP contribution in [0.1, 0.15) is 40.7 Å². The van der Waals surface area contributed by atoms with E-state index in [0.29, 0.717) is 30.2 Å². The summed E-state index contributed by atoms with van der Waals surface area (Å²) in [4.78, 5) is 31.8. The highest BCUT2D eigenvalue weighted by Crippen LogP contribution is 2.66. The van der Waals surface area contributed by atoms with Crippen LogP contribution in [-0.4, -0.2) is 34.2 Å². The molecule has 1 aromatic heterocycles. The molecule has 2 aliphatic carbocycles. The van der Waals surface area contributed by atoms with Crippen molar-refractivity contribution in [3.8, 4) is 5.75 Å². The molecule has 1 aliphatic heterocycles. The minimum atomic E-state index is -0.498. The van der Waals surface area contributed by atoms with Crippen LogP contribution in [0.15, 0.2) is 42.7 Å². The van der Waals surface area contributed by atoms with E-state index in [-0.39, 0.29) is 23.5 Å². The Labute approximate surface area is 164 Å². The van der Waals surface area contributed by atoms with Crippen LogP contribution in [-0.2, 0) is 11.3 Å². The maximum Gasteiger partial charge on any atom is 0.226 e. The molecule has 2 fully saturated rings. The minimum absolute atomic E-state index is 0.0274. The summed E-state index contributed by atoms with van der Waals surface area (Å²) in [6.45, 7) is 2.56. The summed E-state index contributed by atoms with van der Waals surface area (Å²) in [6.07, 6.45) is 5.70. The Morgan fingerprint density at radius 2 is 2.07 bits per heavy atom. The molecule has 1 spiro atoms. The Morgan fingerprint density at radius 1 is 1.29 bits per heavy atom. The number of hydrogen-bond acceptors (Lipinski definition) is 4. The van der Waals surface area contributed by atoms with Crippen molar-refractivity contribution in [2.45, 2.75) is 38.3 Å². The highest BCUT2D eigenvalue weighted by molar-refractivity contribution is 6.01. The Balaban J connectivity index is 1.34. The van der Waals surface area contributed by atoms with Crippen molar-refractivity contribution in [1.29, 1.82) is 0 Å². The van der Waals surface area contributed by atoms with Gasteiger partial charge in [0.1, 0.15) is 11.4 Å². The summed E-state index contributed by atoms with van der Waals surface area (Å²) >= 11 is 0. The van der Waals surface area contributed by atoms with E-state index in [2.05, 4.69) is 4.98 Å². The van der Waals surface area contributed by atoms with Gasteiger partial charge in [-0.05, 0) is 55.5 Å². The smallest absolute Gasteiger partial charge is 0.226 e. The number of benzene rings is 1. The molecule has 2 heterocycles. The zero-order valence-corrected chi connectivity index (χ0v) is 16.2. The number of carbonyl (C=O) groups excluding carboxylic acids is 2. The number of pyridine rings is 1. The Bertz CT molecular complexity index is 958. The number of aromatic nitrogens is 1. The fraction of sp³-hybridized carbons (Fsp3) is 0.435. The quantitative estimate of drug-likeness (QED) is 0.824. The molecule has 28 heavy (non-hydrogen) atoms. The third-order valence-electron chi connectivity index (χ3n) is 6.72. The van der Waals surface area contributed by atoms with Gasteiger partial charge in [-0.15, -0.1) is 0 Å². The molecule has 5 nitrogen and oxygen atoms in total. The van der Waals surface area contributed by atoms with Gasteiger partial charge in [0, 0.05) is 37.8 Å². The van der Waals surface area contributed by atoms with Crippen molar-refractivity contribution in [3.05, 3.63) is 59.4 Å². The predicted octanol–water partition coefficient (Wildman–Crippen LogP) is 3.41. The molecule has 5 heteroatoms. The lowest BCUT2D eigenvalue weighted by atomic mass is 9.84. The Kier molecular flexibility index (Phi) is 3.83.